The zero-order chi connectivity index (χ0) is 22.5. The van der Waals surface area contributed by atoms with Crippen LogP contribution < -0.4 is 21.0 Å². The van der Waals surface area contributed by atoms with Crippen molar-refractivity contribution in [2.75, 3.05) is 13.2 Å². The molecule has 0 aliphatic heterocycles. The number of rotatable bonds is 8. The SMILES string of the molecule is CC(C)C(NC(=O)CNC(=O)COc1ccc2c(c1)oc(=O)c1ccccc12)C(=O)O. The van der Waals surface area contributed by atoms with Gasteiger partial charge in [-0.15, -0.1) is 0 Å². The Balaban J connectivity index is 1.59. The van der Waals surface area contributed by atoms with Gasteiger partial charge < -0.3 is 24.9 Å². The van der Waals surface area contributed by atoms with E-state index in [1.807, 2.05) is 12.1 Å². The fraction of sp³-hybridized carbons (Fsp3) is 0.273. The van der Waals surface area contributed by atoms with Crippen LogP contribution in [-0.4, -0.2) is 42.1 Å². The average molecular weight is 426 g/mol. The van der Waals surface area contributed by atoms with Crippen molar-refractivity contribution in [3.05, 3.63) is 52.9 Å². The average Bonchev–Trinajstić information content (AvgIpc) is 2.74. The molecule has 1 heterocycles. The lowest BCUT2D eigenvalue weighted by molar-refractivity contribution is -0.143. The molecule has 0 radical (unpaired) electrons. The molecule has 0 aliphatic carbocycles. The Morgan fingerprint density at radius 3 is 2.42 bits per heavy atom. The smallest absolute Gasteiger partial charge is 0.344 e. The van der Waals surface area contributed by atoms with E-state index >= 15 is 0 Å². The van der Waals surface area contributed by atoms with Crippen LogP contribution in [0, 0.1) is 5.92 Å². The molecule has 0 spiro atoms. The number of hydrogen-bond acceptors (Lipinski definition) is 6. The van der Waals surface area contributed by atoms with E-state index in [9.17, 15) is 19.2 Å². The molecule has 3 N–H and O–H groups in total. The molecule has 2 aromatic carbocycles. The molecule has 31 heavy (non-hydrogen) atoms. The molecule has 0 aliphatic rings. The van der Waals surface area contributed by atoms with Crippen LogP contribution in [-0.2, 0) is 14.4 Å². The summed E-state index contributed by atoms with van der Waals surface area (Å²) < 4.78 is 10.8. The maximum Gasteiger partial charge on any atom is 0.344 e. The lowest BCUT2D eigenvalue weighted by Crippen LogP contribution is -2.48. The largest absolute Gasteiger partial charge is 0.484 e. The molecule has 9 nitrogen and oxygen atoms in total. The Morgan fingerprint density at radius 2 is 1.74 bits per heavy atom. The molecule has 2 amide bonds. The molecule has 9 heteroatoms. The summed E-state index contributed by atoms with van der Waals surface area (Å²) in [4.78, 5) is 47.1. The van der Waals surface area contributed by atoms with Gasteiger partial charge in [0, 0.05) is 11.5 Å². The van der Waals surface area contributed by atoms with Crippen LogP contribution >= 0.6 is 0 Å². The van der Waals surface area contributed by atoms with Gasteiger partial charge in [-0.2, -0.15) is 0 Å². The summed E-state index contributed by atoms with van der Waals surface area (Å²) in [5.74, 6) is -2.31. The summed E-state index contributed by atoms with van der Waals surface area (Å²) in [7, 11) is 0. The van der Waals surface area contributed by atoms with Gasteiger partial charge in [0.2, 0.25) is 5.91 Å². The van der Waals surface area contributed by atoms with Crippen molar-refractivity contribution in [2.24, 2.45) is 5.92 Å². The molecule has 3 aromatic rings. The maximum atomic E-state index is 12.1. The van der Waals surface area contributed by atoms with Gasteiger partial charge in [0.15, 0.2) is 6.61 Å². The molecule has 1 unspecified atom stereocenters. The highest BCUT2D eigenvalue weighted by Crippen LogP contribution is 2.26. The number of benzene rings is 2. The highest BCUT2D eigenvalue weighted by molar-refractivity contribution is 6.04. The second kappa shape index (κ2) is 9.29. The summed E-state index contributed by atoms with van der Waals surface area (Å²) in [5.41, 5.74) is -0.139. The summed E-state index contributed by atoms with van der Waals surface area (Å²) in [6.45, 7) is 2.58. The zero-order valence-electron chi connectivity index (χ0n) is 17.0. The topological polar surface area (TPSA) is 135 Å². The summed E-state index contributed by atoms with van der Waals surface area (Å²) in [5, 5.41) is 15.8. The number of aliphatic carboxylic acids is 1. The first-order valence-corrected chi connectivity index (χ1v) is 9.63. The van der Waals surface area contributed by atoms with Crippen LogP contribution in [0.5, 0.6) is 5.75 Å². The number of ether oxygens (including phenoxy) is 1. The van der Waals surface area contributed by atoms with Crippen LogP contribution in [0.3, 0.4) is 0 Å². The van der Waals surface area contributed by atoms with Gasteiger partial charge in [-0.25, -0.2) is 9.59 Å². The van der Waals surface area contributed by atoms with Gasteiger partial charge >= 0.3 is 11.6 Å². The van der Waals surface area contributed by atoms with Crippen LogP contribution in [0.2, 0.25) is 0 Å². The molecule has 0 saturated carbocycles. The second-order valence-electron chi connectivity index (χ2n) is 7.29. The first-order chi connectivity index (χ1) is 14.8. The second-order valence-corrected chi connectivity index (χ2v) is 7.29. The van der Waals surface area contributed by atoms with E-state index in [-0.39, 0.29) is 19.1 Å². The Morgan fingerprint density at radius 1 is 1.03 bits per heavy atom. The number of carboxylic acid groups (broad SMARTS) is 1. The van der Waals surface area contributed by atoms with Crippen molar-refractivity contribution in [2.45, 2.75) is 19.9 Å². The molecule has 1 atom stereocenters. The first kappa shape index (κ1) is 21.8. The minimum Gasteiger partial charge on any atom is -0.484 e. The van der Waals surface area contributed by atoms with E-state index in [2.05, 4.69) is 10.6 Å². The highest BCUT2D eigenvalue weighted by atomic mass is 16.5. The molecule has 162 valence electrons. The lowest BCUT2D eigenvalue weighted by Gasteiger charge is -2.18. The number of carbonyl (C=O) groups excluding carboxylic acids is 2. The van der Waals surface area contributed by atoms with E-state index in [4.69, 9.17) is 14.3 Å². The molecule has 1 aromatic heterocycles. The predicted molar refractivity (Wildman–Crippen MR) is 113 cm³/mol. The van der Waals surface area contributed by atoms with Gasteiger partial charge in [0.25, 0.3) is 5.91 Å². The van der Waals surface area contributed by atoms with E-state index in [1.54, 1.807) is 38.1 Å². The molecular formula is C22H22N2O7. The third kappa shape index (κ3) is 5.19. The van der Waals surface area contributed by atoms with E-state index < -0.39 is 29.5 Å². The number of carboxylic acids is 1. The summed E-state index contributed by atoms with van der Waals surface area (Å²) in [6, 6.07) is 11.0. The van der Waals surface area contributed by atoms with Crippen molar-refractivity contribution in [1.29, 1.82) is 0 Å². The van der Waals surface area contributed by atoms with Crippen molar-refractivity contribution in [1.82, 2.24) is 10.6 Å². The molecular weight excluding hydrogens is 404 g/mol. The molecule has 0 saturated heterocycles. The Kier molecular flexibility index (Phi) is 6.54. The van der Waals surface area contributed by atoms with Crippen LogP contribution in [0.15, 0.2) is 51.7 Å². The number of fused-ring (bicyclic) bond motifs is 3. The fourth-order valence-corrected chi connectivity index (χ4v) is 3.07. The van der Waals surface area contributed by atoms with Crippen molar-refractivity contribution in [3.63, 3.8) is 0 Å². The Bertz CT molecular complexity index is 1200. The van der Waals surface area contributed by atoms with Gasteiger partial charge in [-0.1, -0.05) is 32.0 Å². The van der Waals surface area contributed by atoms with Crippen LogP contribution in [0.25, 0.3) is 21.7 Å². The van der Waals surface area contributed by atoms with Crippen molar-refractivity contribution >= 4 is 39.5 Å². The van der Waals surface area contributed by atoms with Gasteiger partial charge in [-0.3, -0.25) is 9.59 Å². The van der Waals surface area contributed by atoms with Crippen molar-refractivity contribution < 1.29 is 28.6 Å². The van der Waals surface area contributed by atoms with E-state index in [0.29, 0.717) is 16.7 Å². The number of hydrogen-bond donors (Lipinski definition) is 3. The minimum atomic E-state index is -1.14. The van der Waals surface area contributed by atoms with Gasteiger partial charge in [0.05, 0.1) is 11.9 Å². The maximum absolute atomic E-state index is 12.1. The minimum absolute atomic E-state index is 0.300. The van der Waals surface area contributed by atoms with E-state index in [0.717, 1.165) is 10.8 Å². The zero-order valence-corrected chi connectivity index (χ0v) is 17.0. The lowest BCUT2D eigenvalue weighted by atomic mass is 10.1. The number of carbonyl (C=O) groups is 3. The Labute approximate surface area is 177 Å². The normalized spacial score (nSPS) is 12.0. The standard InChI is InChI=1S/C22H22N2O7/c1-12(2)20(21(27)28)24-18(25)10-23-19(26)11-30-13-7-8-15-14-5-3-4-6-16(14)22(29)31-17(15)9-13/h3-9,12,20H,10-11H2,1-2H3,(H,23,26)(H,24,25)(H,27,28). The predicted octanol–water partition coefficient (Wildman–Crippen LogP) is 1.67. The van der Waals surface area contributed by atoms with Gasteiger partial charge in [0.1, 0.15) is 17.4 Å². The third-order valence-electron chi connectivity index (χ3n) is 4.66. The fourth-order valence-electron chi connectivity index (χ4n) is 3.07. The number of amides is 2. The molecule has 0 bridgehead atoms. The molecule has 3 rings (SSSR count). The third-order valence-corrected chi connectivity index (χ3v) is 4.66. The first-order valence-electron chi connectivity index (χ1n) is 9.63. The van der Waals surface area contributed by atoms with Crippen molar-refractivity contribution in [3.8, 4) is 5.75 Å². The van der Waals surface area contributed by atoms with Crippen LogP contribution in [0.4, 0.5) is 0 Å². The summed E-state index contributed by atoms with van der Waals surface area (Å²) >= 11 is 0. The van der Waals surface area contributed by atoms with Gasteiger partial charge in [-0.05, 0) is 29.5 Å². The summed E-state index contributed by atoms with van der Waals surface area (Å²) in [6.07, 6.45) is 0. The molecule has 0 fully saturated rings. The van der Waals surface area contributed by atoms with Crippen LogP contribution in [0.1, 0.15) is 13.8 Å². The monoisotopic (exact) mass is 426 g/mol. The number of nitrogens with one attached hydrogen (secondary N) is 2. The Hall–Kier alpha value is -3.88. The van der Waals surface area contributed by atoms with E-state index in [1.165, 1.54) is 6.07 Å². The highest BCUT2D eigenvalue weighted by Gasteiger charge is 2.23. The quantitative estimate of drug-likeness (QED) is 0.368.